The predicted molar refractivity (Wildman–Crippen MR) is 112 cm³/mol. The molecule has 0 unspecified atom stereocenters. The van der Waals surface area contributed by atoms with Crippen LogP contribution in [-0.2, 0) is 14.8 Å². The zero-order valence-corrected chi connectivity index (χ0v) is 17.9. The van der Waals surface area contributed by atoms with E-state index in [-0.39, 0.29) is 5.91 Å². The monoisotopic (exact) mass is 414 g/mol. The Morgan fingerprint density at radius 2 is 1.89 bits per heavy atom. The maximum Gasteiger partial charge on any atom is 0.243 e. The van der Waals surface area contributed by atoms with E-state index < -0.39 is 16.1 Å². The lowest BCUT2D eigenvalue weighted by atomic mass is 10.0. The van der Waals surface area contributed by atoms with E-state index in [1.807, 2.05) is 11.8 Å². The van der Waals surface area contributed by atoms with Crippen molar-refractivity contribution in [1.82, 2.24) is 5.32 Å². The van der Waals surface area contributed by atoms with Gasteiger partial charge >= 0.3 is 0 Å². The SMILES string of the molecule is COc1ccc(N([C@H](C)C(=O)NCCSC2CCCCC2)S(C)(=O)=O)cc1. The standard InChI is InChI=1S/C19H30N2O4S2/c1-15(19(22)20-13-14-26-18-7-5-4-6-8-18)21(27(3,23)24)16-9-11-17(25-2)12-10-16/h9-12,15,18H,4-8,13-14H2,1-3H3,(H,20,22)/t15-/m1/s1. The number of carbonyl (C=O) groups excluding carboxylic acids is 1. The van der Waals surface area contributed by atoms with E-state index >= 15 is 0 Å². The zero-order valence-electron chi connectivity index (χ0n) is 16.3. The van der Waals surface area contributed by atoms with Gasteiger partial charge in [0.05, 0.1) is 19.1 Å². The smallest absolute Gasteiger partial charge is 0.243 e. The number of carbonyl (C=O) groups is 1. The van der Waals surface area contributed by atoms with Crippen molar-refractivity contribution in [1.29, 1.82) is 0 Å². The molecule has 1 aromatic rings. The van der Waals surface area contributed by atoms with Crippen molar-refractivity contribution >= 4 is 33.4 Å². The molecule has 0 aromatic heterocycles. The van der Waals surface area contributed by atoms with Crippen LogP contribution in [0.5, 0.6) is 5.75 Å². The summed E-state index contributed by atoms with van der Waals surface area (Å²) in [4.78, 5) is 12.5. The van der Waals surface area contributed by atoms with Gasteiger partial charge in [0, 0.05) is 17.5 Å². The fraction of sp³-hybridized carbons (Fsp3) is 0.632. The van der Waals surface area contributed by atoms with Gasteiger partial charge in [-0.3, -0.25) is 9.10 Å². The van der Waals surface area contributed by atoms with E-state index in [2.05, 4.69) is 5.32 Å². The van der Waals surface area contributed by atoms with Crippen LogP contribution in [0.25, 0.3) is 0 Å². The molecule has 152 valence electrons. The number of nitrogens with one attached hydrogen (secondary N) is 1. The Morgan fingerprint density at radius 3 is 2.44 bits per heavy atom. The van der Waals surface area contributed by atoms with Crippen molar-refractivity contribution in [2.45, 2.75) is 50.3 Å². The van der Waals surface area contributed by atoms with Crippen molar-refractivity contribution in [2.24, 2.45) is 0 Å². The molecular formula is C19H30N2O4S2. The largest absolute Gasteiger partial charge is 0.497 e. The lowest BCUT2D eigenvalue weighted by Gasteiger charge is -2.28. The van der Waals surface area contributed by atoms with Crippen molar-refractivity contribution in [3.8, 4) is 5.75 Å². The van der Waals surface area contributed by atoms with E-state index in [0.717, 1.165) is 16.3 Å². The molecule has 0 radical (unpaired) electrons. The van der Waals surface area contributed by atoms with E-state index in [4.69, 9.17) is 4.74 Å². The lowest BCUT2D eigenvalue weighted by molar-refractivity contribution is -0.121. The van der Waals surface area contributed by atoms with E-state index in [9.17, 15) is 13.2 Å². The number of ether oxygens (including phenoxy) is 1. The Morgan fingerprint density at radius 1 is 1.26 bits per heavy atom. The maximum absolute atomic E-state index is 12.5. The molecule has 1 aromatic carbocycles. The van der Waals surface area contributed by atoms with Crippen molar-refractivity contribution in [3.63, 3.8) is 0 Å². The van der Waals surface area contributed by atoms with Gasteiger partial charge in [-0.1, -0.05) is 19.3 Å². The highest BCUT2D eigenvalue weighted by atomic mass is 32.2. The van der Waals surface area contributed by atoms with Gasteiger partial charge in [-0.15, -0.1) is 0 Å². The van der Waals surface area contributed by atoms with Crippen LogP contribution in [0.3, 0.4) is 0 Å². The van der Waals surface area contributed by atoms with E-state index in [0.29, 0.717) is 23.2 Å². The van der Waals surface area contributed by atoms with Gasteiger partial charge in [0.25, 0.3) is 0 Å². The minimum absolute atomic E-state index is 0.291. The quantitative estimate of drug-likeness (QED) is 0.629. The highest BCUT2D eigenvalue weighted by Crippen LogP contribution is 2.28. The van der Waals surface area contributed by atoms with Crippen LogP contribution < -0.4 is 14.4 Å². The second-order valence-corrected chi connectivity index (χ2v) is 10.1. The first kappa shape index (κ1) is 21.9. The second kappa shape index (κ2) is 10.2. The Hall–Kier alpha value is -1.41. The van der Waals surface area contributed by atoms with E-state index in [1.165, 1.54) is 32.1 Å². The average Bonchev–Trinajstić information content (AvgIpc) is 2.65. The van der Waals surface area contributed by atoms with E-state index in [1.54, 1.807) is 38.3 Å². The summed E-state index contributed by atoms with van der Waals surface area (Å²) in [6, 6.07) is 5.82. The topological polar surface area (TPSA) is 75.7 Å². The number of hydrogen-bond donors (Lipinski definition) is 1. The molecule has 0 aliphatic heterocycles. The third kappa shape index (κ3) is 6.60. The minimum atomic E-state index is -3.60. The molecule has 6 nitrogen and oxygen atoms in total. The molecule has 1 aliphatic carbocycles. The Balaban J connectivity index is 1.93. The number of hydrogen-bond acceptors (Lipinski definition) is 5. The first-order valence-electron chi connectivity index (χ1n) is 9.35. The minimum Gasteiger partial charge on any atom is -0.497 e. The first-order chi connectivity index (χ1) is 12.8. The molecule has 1 N–H and O–H groups in total. The second-order valence-electron chi connectivity index (χ2n) is 6.85. The summed E-state index contributed by atoms with van der Waals surface area (Å²) in [5, 5.41) is 3.57. The molecule has 1 aliphatic rings. The number of sulfonamides is 1. The molecule has 1 atom stereocenters. The van der Waals surface area contributed by atoms with Gasteiger partial charge in [0.15, 0.2) is 0 Å². The summed E-state index contributed by atoms with van der Waals surface area (Å²) < 4.78 is 30.8. The molecular weight excluding hydrogens is 384 g/mol. The summed E-state index contributed by atoms with van der Waals surface area (Å²) in [5.41, 5.74) is 0.442. The van der Waals surface area contributed by atoms with Crippen LogP contribution in [0.1, 0.15) is 39.0 Å². The van der Waals surface area contributed by atoms with Crippen molar-refractivity contribution in [3.05, 3.63) is 24.3 Å². The number of methoxy groups -OCH3 is 1. The van der Waals surface area contributed by atoms with Gasteiger partial charge in [-0.2, -0.15) is 11.8 Å². The van der Waals surface area contributed by atoms with Gasteiger partial charge in [0.2, 0.25) is 15.9 Å². The van der Waals surface area contributed by atoms with Crippen LogP contribution in [0.4, 0.5) is 5.69 Å². The number of anilines is 1. The molecule has 27 heavy (non-hydrogen) atoms. The molecule has 1 fully saturated rings. The van der Waals surface area contributed by atoms with Gasteiger partial charge in [-0.25, -0.2) is 8.42 Å². The third-order valence-electron chi connectivity index (χ3n) is 4.72. The fourth-order valence-corrected chi connectivity index (χ4v) is 5.71. The zero-order chi connectivity index (χ0) is 19.9. The molecule has 1 saturated carbocycles. The number of thioether (sulfide) groups is 1. The summed E-state index contributed by atoms with van der Waals surface area (Å²) in [7, 11) is -2.06. The fourth-order valence-electron chi connectivity index (χ4n) is 3.32. The number of benzene rings is 1. The predicted octanol–water partition coefficient (Wildman–Crippen LogP) is 3.03. The highest BCUT2D eigenvalue weighted by Gasteiger charge is 2.29. The molecule has 0 saturated heterocycles. The van der Waals surface area contributed by atoms with Crippen molar-refractivity contribution < 1.29 is 17.9 Å². The normalized spacial score (nSPS) is 16.6. The number of rotatable bonds is 9. The maximum atomic E-state index is 12.5. The average molecular weight is 415 g/mol. The number of amides is 1. The molecule has 0 bridgehead atoms. The highest BCUT2D eigenvalue weighted by molar-refractivity contribution is 7.99. The van der Waals surface area contributed by atoms with Crippen LogP contribution in [0.2, 0.25) is 0 Å². The third-order valence-corrected chi connectivity index (χ3v) is 7.35. The van der Waals surface area contributed by atoms with Crippen LogP contribution in [0.15, 0.2) is 24.3 Å². The first-order valence-corrected chi connectivity index (χ1v) is 12.3. The molecule has 2 rings (SSSR count). The Labute approximate surface area is 167 Å². The lowest BCUT2D eigenvalue weighted by Crippen LogP contribution is -2.48. The van der Waals surface area contributed by atoms with Crippen LogP contribution >= 0.6 is 11.8 Å². The Bertz CT molecular complexity index is 701. The molecule has 1 amide bonds. The molecule has 8 heteroatoms. The summed E-state index contributed by atoms with van der Waals surface area (Å²) in [5.74, 6) is 1.19. The molecule has 0 heterocycles. The van der Waals surface area contributed by atoms with Gasteiger partial charge in [-0.05, 0) is 44.0 Å². The van der Waals surface area contributed by atoms with Gasteiger partial charge < -0.3 is 10.1 Å². The summed E-state index contributed by atoms with van der Waals surface area (Å²) in [6.07, 6.45) is 7.55. The number of nitrogens with zero attached hydrogens (tertiary/aromatic N) is 1. The van der Waals surface area contributed by atoms with Gasteiger partial charge in [0.1, 0.15) is 11.8 Å². The Kier molecular flexibility index (Phi) is 8.28. The summed E-state index contributed by atoms with van der Waals surface area (Å²) in [6.45, 7) is 2.15. The van der Waals surface area contributed by atoms with Crippen molar-refractivity contribution in [2.75, 3.05) is 30.0 Å². The van der Waals surface area contributed by atoms with Crippen LogP contribution in [0, 0.1) is 0 Å². The molecule has 0 spiro atoms. The van der Waals surface area contributed by atoms with Crippen LogP contribution in [-0.4, -0.2) is 51.3 Å². The summed E-state index contributed by atoms with van der Waals surface area (Å²) >= 11 is 1.91.